The number of hydrogen-bond donors (Lipinski definition) is 1. The smallest absolute Gasteiger partial charge is 0.356 e. The highest BCUT2D eigenvalue weighted by atomic mass is 16.5. The third-order valence-corrected chi connectivity index (χ3v) is 2.83. The molecule has 0 aliphatic carbocycles. The van der Waals surface area contributed by atoms with Crippen LogP contribution in [0.2, 0.25) is 0 Å². The molecule has 0 spiro atoms. The van der Waals surface area contributed by atoms with Crippen LogP contribution in [0.1, 0.15) is 23.3 Å². The molecular formula is C12H17N3O2. The summed E-state index contributed by atoms with van der Waals surface area (Å²) in [4.78, 5) is 17.8. The van der Waals surface area contributed by atoms with Crippen LogP contribution in [0.3, 0.4) is 0 Å². The Morgan fingerprint density at radius 2 is 2.18 bits per heavy atom. The fourth-order valence-corrected chi connectivity index (χ4v) is 1.87. The van der Waals surface area contributed by atoms with Crippen molar-refractivity contribution in [3.8, 4) is 0 Å². The Morgan fingerprint density at radius 3 is 2.82 bits per heavy atom. The molecule has 2 heterocycles. The SMILES string of the molecule is Nc1ccc(C(=O)OCCN2CCCC2)nc1. The highest BCUT2D eigenvalue weighted by Crippen LogP contribution is 2.07. The van der Waals surface area contributed by atoms with Gasteiger partial charge in [-0.3, -0.25) is 4.90 Å². The molecule has 1 aliphatic rings. The molecule has 1 aliphatic heterocycles. The summed E-state index contributed by atoms with van der Waals surface area (Å²) in [5.41, 5.74) is 6.33. The van der Waals surface area contributed by atoms with Crippen molar-refractivity contribution < 1.29 is 9.53 Å². The zero-order valence-electron chi connectivity index (χ0n) is 9.76. The predicted molar refractivity (Wildman–Crippen MR) is 64.6 cm³/mol. The van der Waals surface area contributed by atoms with E-state index in [9.17, 15) is 4.79 Å². The predicted octanol–water partition coefficient (Wildman–Crippen LogP) is 0.916. The van der Waals surface area contributed by atoms with Crippen molar-refractivity contribution in [3.63, 3.8) is 0 Å². The summed E-state index contributed by atoms with van der Waals surface area (Å²) in [5.74, 6) is -0.385. The molecule has 0 bridgehead atoms. The van der Waals surface area contributed by atoms with E-state index < -0.39 is 0 Å². The van der Waals surface area contributed by atoms with E-state index in [-0.39, 0.29) is 5.97 Å². The molecule has 5 heteroatoms. The standard InChI is InChI=1S/C12H17N3O2/c13-10-3-4-11(14-9-10)12(16)17-8-7-15-5-1-2-6-15/h3-4,9H,1-2,5-8,13H2. The summed E-state index contributed by atoms with van der Waals surface area (Å²) in [6.45, 7) is 3.45. The van der Waals surface area contributed by atoms with E-state index in [1.165, 1.54) is 19.0 Å². The molecule has 1 aromatic heterocycles. The van der Waals surface area contributed by atoms with E-state index in [1.54, 1.807) is 12.1 Å². The second-order valence-corrected chi connectivity index (χ2v) is 4.16. The van der Waals surface area contributed by atoms with Crippen molar-refractivity contribution in [2.45, 2.75) is 12.8 Å². The molecule has 0 atom stereocenters. The quantitative estimate of drug-likeness (QED) is 0.786. The summed E-state index contributed by atoms with van der Waals surface area (Å²) >= 11 is 0. The number of carbonyl (C=O) groups excluding carboxylic acids is 1. The summed E-state index contributed by atoms with van der Waals surface area (Å²) in [6.07, 6.45) is 3.94. The number of aromatic nitrogens is 1. The number of esters is 1. The van der Waals surface area contributed by atoms with E-state index >= 15 is 0 Å². The molecule has 1 fully saturated rings. The van der Waals surface area contributed by atoms with Gasteiger partial charge in [-0.25, -0.2) is 9.78 Å². The van der Waals surface area contributed by atoms with Crippen molar-refractivity contribution >= 4 is 11.7 Å². The Morgan fingerprint density at radius 1 is 1.41 bits per heavy atom. The Kier molecular flexibility index (Phi) is 3.93. The van der Waals surface area contributed by atoms with Crippen LogP contribution < -0.4 is 5.73 Å². The maximum Gasteiger partial charge on any atom is 0.356 e. The summed E-state index contributed by atoms with van der Waals surface area (Å²) in [5, 5.41) is 0. The minimum absolute atomic E-state index is 0.306. The van der Waals surface area contributed by atoms with E-state index in [0.29, 0.717) is 18.0 Å². The van der Waals surface area contributed by atoms with E-state index in [1.807, 2.05) is 0 Å². The molecule has 2 N–H and O–H groups in total. The Bertz CT molecular complexity index is 372. The largest absolute Gasteiger partial charge is 0.460 e. The summed E-state index contributed by atoms with van der Waals surface area (Å²) < 4.78 is 5.15. The number of anilines is 1. The monoisotopic (exact) mass is 235 g/mol. The van der Waals surface area contributed by atoms with Gasteiger partial charge in [-0.05, 0) is 38.1 Å². The van der Waals surface area contributed by atoms with E-state index in [0.717, 1.165) is 19.6 Å². The molecule has 0 unspecified atom stereocenters. The Labute approximate surface area is 101 Å². The van der Waals surface area contributed by atoms with Gasteiger partial charge in [0.25, 0.3) is 0 Å². The van der Waals surface area contributed by atoms with Crippen LogP contribution in [0, 0.1) is 0 Å². The van der Waals surface area contributed by atoms with Gasteiger partial charge in [0.15, 0.2) is 0 Å². The zero-order chi connectivity index (χ0) is 12.1. The minimum atomic E-state index is -0.385. The number of nitrogens with two attached hydrogens (primary N) is 1. The van der Waals surface area contributed by atoms with Crippen molar-refractivity contribution in [2.75, 3.05) is 32.0 Å². The number of nitrogen functional groups attached to an aromatic ring is 1. The van der Waals surface area contributed by atoms with Crippen LogP contribution in [0.25, 0.3) is 0 Å². The zero-order valence-corrected chi connectivity index (χ0v) is 9.76. The first-order valence-corrected chi connectivity index (χ1v) is 5.87. The number of rotatable bonds is 4. The first kappa shape index (κ1) is 11.9. The van der Waals surface area contributed by atoms with Crippen LogP contribution in [0.5, 0.6) is 0 Å². The van der Waals surface area contributed by atoms with Gasteiger partial charge in [-0.15, -0.1) is 0 Å². The maximum atomic E-state index is 11.6. The summed E-state index contributed by atoms with van der Waals surface area (Å²) in [7, 11) is 0. The normalized spacial score (nSPS) is 16.0. The molecule has 1 aromatic rings. The fourth-order valence-electron chi connectivity index (χ4n) is 1.87. The van der Waals surface area contributed by atoms with Gasteiger partial charge in [0.1, 0.15) is 12.3 Å². The first-order valence-electron chi connectivity index (χ1n) is 5.87. The highest BCUT2D eigenvalue weighted by molar-refractivity contribution is 5.87. The lowest BCUT2D eigenvalue weighted by Gasteiger charge is -2.13. The molecule has 92 valence electrons. The first-order chi connectivity index (χ1) is 8.25. The van der Waals surface area contributed by atoms with Crippen molar-refractivity contribution in [2.24, 2.45) is 0 Å². The average Bonchev–Trinajstić information content (AvgIpc) is 2.83. The maximum absolute atomic E-state index is 11.6. The van der Waals surface area contributed by atoms with Gasteiger partial charge in [-0.2, -0.15) is 0 Å². The molecule has 0 saturated carbocycles. The van der Waals surface area contributed by atoms with E-state index in [2.05, 4.69) is 9.88 Å². The van der Waals surface area contributed by atoms with Crippen LogP contribution in [0.15, 0.2) is 18.3 Å². The van der Waals surface area contributed by atoms with Gasteiger partial charge in [0, 0.05) is 6.54 Å². The Balaban J connectivity index is 1.75. The third kappa shape index (κ3) is 3.42. The summed E-state index contributed by atoms with van der Waals surface area (Å²) in [6, 6.07) is 3.22. The van der Waals surface area contributed by atoms with Crippen LogP contribution in [-0.4, -0.2) is 42.1 Å². The van der Waals surface area contributed by atoms with Crippen LogP contribution in [0.4, 0.5) is 5.69 Å². The molecule has 0 aromatic carbocycles. The van der Waals surface area contributed by atoms with Gasteiger partial charge in [-0.1, -0.05) is 0 Å². The van der Waals surface area contributed by atoms with E-state index in [4.69, 9.17) is 10.5 Å². The number of ether oxygens (including phenoxy) is 1. The number of pyridine rings is 1. The fraction of sp³-hybridized carbons (Fsp3) is 0.500. The average molecular weight is 235 g/mol. The van der Waals surface area contributed by atoms with Crippen LogP contribution in [-0.2, 0) is 4.74 Å². The molecule has 2 rings (SSSR count). The molecular weight excluding hydrogens is 218 g/mol. The minimum Gasteiger partial charge on any atom is -0.460 e. The Hall–Kier alpha value is -1.62. The highest BCUT2D eigenvalue weighted by Gasteiger charge is 2.13. The van der Waals surface area contributed by atoms with Gasteiger partial charge < -0.3 is 10.5 Å². The number of likely N-dealkylation sites (tertiary alicyclic amines) is 1. The van der Waals surface area contributed by atoms with Gasteiger partial charge in [0.05, 0.1) is 11.9 Å². The van der Waals surface area contributed by atoms with Crippen LogP contribution >= 0.6 is 0 Å². The molecule has 5 nitrogen and oxygen atoms in total. The molecule has 0 radical (unpaired) electrons. The number of hydrogen-bond acceptors (Lipinski definition) is 5. The number of carbonyl (C=O) groups is 1. The number of nitrogens with zero attached hydrogens (tertiary/aromatic N) is 2. The molecule has 17 heavy (non-hydrogen) atoms. The van der Waals surface area contributed by atoms with Gasteiger partial charge in [0.2, 0.25) is 0 Å². The lowest BCUT2D eigenvalue weighted by molar-refractivity contribution is 0.0465. The lowest BCUT2D eigenvalue weighted by Crippen LogP contribution is -2.25. The van der Waals surface area contributed by atoms with Crippen molar-refractivity contribution in [1.82, 2.24) is 9.88 Å². The molecule has 1 saturated heterocycles. The second-order valence-electron chi connectivity index (χ2n) is 4.16. The second kappa shape index (κ2) is 5.63. The lowest BCUT2D eigenvalue weighted by atomic mass is 10.3. The molecule has 0 amide bonds. The third-order valence-electron chi connectivity index (χ3n) is 2.83. The van der Waals surface area contributed by atoms with Crippen molar-refractivity contribution in [3.05, 3.63) is 24.0 Å². The topological polar surface area (TPSA) is 68.5 Å². The van der Waals surface area contributed by atoms with Crippen molar-refractivity contribution in [1.29, 1.82) is 0 Å². The van der Waals surface area contributed by atoms with Gasteiger partial charge >= 0.3 is 5.97 Å².